The molecule has 1 aromatic carbocycles. The van der Waals surface area contributed by atoms with Gasteiger partial charge < -0.3 is 5.32 Å². The van der Waals surface area contributed by atoms with E-state index in [1.807, 2.05) is 12.1 Å². The average molecular weight is 257 g/mol. The van der Waals surface area contributed by atoms with Gasteiger partial charge in [-0.2, -0.15) is 5.21 Å². The van der Waals surface area contributed by atoms with Crippen molar-refractivity contribution in [2.75, 3.05) is 0 Å². The van der Waals surface area contributed by atoms with Crippen molar-refractivity contribution < 1.29 is 4.79 Å². The number of carbonyl (C=O) groups is 1. The summed E-state index contributed by atoms with van der Waals surface area (Å²) >= 11 is 0. The molecule has 1 aliphatic carbocycles. The molecule has 2 aromatic rings. The number of tetrazole rings is 1. The molecule has 6 nitrogen and oxygen atoms in total. The molecule has 2 N–H and O–H groups in total. The molecule has 1 amide bonds. The number of hydrogen-bond donors (Lipinski definition) is 2. The van der Waals surface area contributed by atoms with E-state index in [9.17, 15) is 4.79 Å². The van der Waals surface area contributed by atoms with Gasteiger partial charge in [-0.15, -0.1) is 10.2 Å². The molecule has 3 rings (SSSR count). The molecular formula is C13H15N5O. The van der Waals surface area contributed by atoms with Crippen LogP contribution in [0.1, 0.15) is 36.5 Å². The quantitative estimate of drug-likeness (QED) is 0.870. The normalized spacial score (nSPS) is 16.1. The SMILES string of the molecule is CCC1(NC(=O)c2cccc(-c3nn[nH]n3)c2)CC1. The van der Waals surface area contributed by atoms with Gasteiger partial charge in [0, 0.05) is 16.7 Å². The van der Waals surface area contributed by atoms with Crippen molar-refractivity contribution in [1.82, 2.24) is 25.9 Å². The summed E-state index contributed by atoms with van der Waals surface area (Å²) < 4.78 is 0. The highest BCUT2D eigenvalue weighted by atomic mass is 16.1. The maximum atomic E-state index is 12.2. The minimum absolute atomic E-state index is 0.0270. The monoisotopic (exact) mass is 257 g/mol. The molecule has 0 atom stereocenters. The van der Waals surface area contributed by atoms with Gasteiger partial charge >= 0.3 is 0 Å². The molecule has 1 aliphatic rings. The fraction of sp³-hybridized carbons (Fsp3) is 0.385. The number of nitrogens with one attached hydrogen (secondary N) is 2. The van der Waals surface area contributed by atoms with E-state index in [1.165, 1.54) is 0 Å². The lowest BCUT2D eigenvalue weighted by atomic mass is 10.1. The van der Waals surface area contributed by atoms with E-state index in [0.717, 1.165) is 24.8 Å². The number of benzene rings is 1. The van der Waals surface area contributed by atoms with Crippen LogP contribution in [0.25, 0.3) is 11.4 Å². The Balaban J connectivity index is 1.81. The van der Waals surface area contributed by atoms with E-state index in [-0.39, 0.29) is 11.4 Å². The van der Waals surface area contributed by atoms with Gasteiger partial charge in [0.1, 0.15) is 0 Å². The number of aromatic nitrogens is 4. The molecule has 1 fully saturated rings. The van der Waals surface area contributed by atoms with Crippen molar-refractivity contribution >= 4 is 5.91 Å². The summed E-state index contributed by atoms with van der Waals surface area (Å²) in [5.41, 5.74) is 1.43. The van der Waals surface area contributed by atoms with Gasteiger partial charge in [-0.3, -0.25) is 4.79 Å². The molecule has 0 radical (unpaired) electrons. The Hall–Kier alpha value is -2.24. The van der Waals surface area contributed by atoms with Crippen molar-refractivity contribution in [1.29, 1.82) is 0 Å². The fourth-order valence-corrected chi connectivity index (χ4v) is 2.11. The summed E-state index contributed by atoms with van der Waals surface area (Å²) in [4.78, 5) is 12.2. The molecule has 1 saturated carbocycles. The van der Waals surface area contributed by atoms with Gasteiger partial charge in [-0.05, 0) is 36.6 Å². The number of amides is 1. The first-order valence-electron chi connectivity index (χ1n) is 6.39. The lowest BCUT2D eigenvalue weighted by molar-refractivity contribution is 0.0930. The van der Waals surface area contributed by atoms with Gasteiger partial charge in [-0.25, -0.2) is 0 Å². The van der Waals surface area contributed by atoms with Crippen LogP contribution in [-0.4, -0.2) is 32.1 Å². The van der Waals surface area contributed by atoms with Crippen LogP contribution in [0.3, 0.4) is 0 Å². The zero-order valence-corrected chi connectivity index (χ0v) is 10.7. The Bertz CT molecular complexity index is 589. The lowest BCUT2D eigenvalue weighted by Gasteiger charge is -2.15. The number of carbonyl (C=O) groups excluding carboxylic acids is 1. The Morgan fingerprint density at radius 2 is 2.32 bits per heavy atom. The van der Waals surface area contributed by atoms with E-state index in [4.69, 9.17) is 0 Å². The third kappa shape index (κ3) is 2.33. The van der Waals surface area contributed by atoms with Crippen LogP contribution in [0.5, 0.6) is 0 Å². The van der Waals surface area contributed by atoms with E-state index >= 15 is 0 Å². The van der Waals surface area contributed by atoms with Gasteiger partial charge in [0.05, 0.1) is 0 Å². The predicted molar refractivity (Wildman–Crippen MR) is 69.3 cm³/mol. The second kappa shape index (κ2) is 4.46. The number of H-pyrrole nitrogens is 1. The highest BCUT2D eigenvalue weighted by Crippen LogP contribution is 2.38. The zero-order valence-electron chi connectivity index (χ0n) is 10.7. The molecule has 1 heterocycles. The van der Waals surface area contributed by atoms with E-state index < -0.39 is 0 Å². The van der Waals surface area contributed by atoms with E-state index in [1.54, 1.807) is 12.1 Å². The first kappa shape index (κ1) is 11.8. The third-order valence-corrected chi connectivity index (χ3v) is 3.64. The molecule has 0 bridgehead atoms. The molecule has 0 aliphatic heterocycles. The first-order valence-corrected chi connectivity index (χ1v) is 6.39. The maximum absolute atomic E-state index is 12.2. The minimum Gasteiger partial charge on any atom is -0.347 e. The molecule has 19 heavy (non-hydrogen) atoms. The molecule has 0 saturated heterocycles. The molecule has 98 valence electrons. The van der Waals surface area contributed by atoms with Crippen LogP contribution < -0.4 is 5.32 Å². The summed E-state index contributed by atoms with van der Waals surface area (Å²) in [7, 11) is 0. The second-order valence-corrected chi connectivity index (χ2v) is 4.90. The Morgan fingerprint density at radius 3 is 2.95 bits per heavy atom. The summed E-state index contributed by atoms with van der Waals surface area (Å²) in [6.07, 6.45) is 3.11. The van der Waals surface area contributed by atoms with Crippen molar-refractivity contribution in [2.24, 2.45) is 0 Å². The number of hydrogen-bond acceptors (Lipinski definition) is 4. The standard InChI is InChI=1S/C13H15N5O/c1-2-13(6-7-13)14-12(19)10-5-3-4-9(8-10)11-15-17-18-16-11/h3-5,8H,2,6-7H2,1H3,(H,14,19)(H,15,16,17,18). The van der Waals surface area contributed by atoms with Crippen LogP contribution in [0, 0.1) is 0 Å². The average Bonchev–Trinajstić information content (AvgIpc) is 3.01. The van der Waals surface area contributed by atoms with Crippen LogP contribution in [0.4, 0.5) is 0 Å². The first-order chi connectivity index (χ1) is 9.22. The third-order valence-electron chi connectivity index (χ3n) is 3.64. The van der Waals surface area contributed by atoms with Gasteiger partial charge in [0.15, 0.2) is 0 Å². The largest absolute Gasteiger partial charge is 0.347 e. The molecule has 0 unspecified atom stereocenters. The van der Waals surface area contributed by atoms with Gasteiger partial charge in [0.25, 0.3) is 5.91 Å². The van der Waals surface area contributed by atoms with Crippen LogP contribution in [0.2, 0.25) is 0 Å². The maximum Gasteiger partial charge on any atom is 0.251 e. The van der Waals surface area contributed by atoms with Crippen molar-refractivity contribution in [2.45, 2.75) is 31.7 Å². The number of rotatable bonds is 4. The van der Waals surface area contributed by atoms with E-state index in [0.29, 0.717) is 11.4 Å². The smallest absolute Gasteiger partial charge is 0.251 e. The molecule has 0 spiro atoms. The Morgan fingerprint density at radius 1 is 1.47 bits per heavy atom. The zero-order chi connectivity index (χ0) is 13.3. The summed E-state index contributed by atoms with van der Waals surface area (Å²) in [6.45, 7) is 2.10. The van der Waals surface area contributed by atoms with Crippen LogP contribution >= 0.6 is 0 Å². The highest BCUT2D eigenvalue weighted by Gasteiger charge is 2.42. The fourth-order valence-electron chi connectivity index (χ4n) is 2.11. The van der Waals surface area contributed by atoms with Gasteiger partial charge in [-0.1, -0.05) is 19.1 Å². The Kier molecular flexibility index (Phi) is 2.77. The summed E-state index contributed by atoms with van der Waals surface area (Å²) in [5.74, 6) is 0.455. The van der Waals surface area contributed by atoms with Gasteiger partial charge in [0.2, 0.25) is 5.82 Å². The number of aromatic amines is 1. The summed E-state index contributed by atoms with van der Waals surface area (Å²) in [6, 6.07) is 7.26. The minimum atomic E-state index is -0.0373. The Labute approximate surface area is 110 Å². The lowest BCUT2D eigenvalue weighted by Crippen LogP contribution is -2.36. The van der Waals surface area contributed by atoms with Crippen molar-refractivity contribution in [3.05, 3.63) is 29.8 Å². The molecule has 1 aromatic heterocycles. The van der Waals surface area contributed by atoms with E-state index in [2.05, 4.69) is 32.9 Å². The molecule has 6 heteroatoms. The van der Waals surface area contributed by atoms with Crippen molar-refractivity contribution in [3.63, 3.8) is 0 Å². The van der Waals surface area contributed by atoms with Crippen LogP contribution in [0.15, 0.2) is 24.3 Å². The number of nitrogens with zero attached hydrogens (tertiary/aromatic N) is 3. The summed E-state index contributed by atoms with van der Waals surface area (Å²) in [5, 5.41) is 16.8. The highest BCUT2D eigenvalue weighted by molar-refractivity contribution is 5.95. The predicted octanol–water partition coefficient (Wildman–Crippen LogP) is 1.54. The molecular weight excluding hydrogens is 242 g/mol. The van der Waals surface area contributed by atoms with Crippen molar-refractivity contribution in [3.8, 4) is 11.4 Å². The topological polar surface area (TPSA) is 83.6 Å². The van der Waals surface area contributed by atoms with Crippen LogP contribution in [-0.2, 0) is 0 Å². The second-order valence-electron chi connectivity index (χ2n) is 4.90.